The van der Waals surface area contributed by atoms with E-state index in [2.05, 4.69) is 9.98 Å². The first-order valence-corrected chi connectivity index (χ1v) is 10.4. The maximum absolute atomic E-state index is 12.3. The number of hydrogen-bond donors (Lipinski definition) is 0. The summed E-state index contributed by atoms with van der Waals surface area (Å²) in [4.78, 5) is 34.7. The third kappa shape index (κ3) is 4.50. The molecule has 0 fully saturated rings. The van der Waals surface area contributed by atoms with Crippen LogP contribution in [0.1, 0.15) is 18.2 Å². The summed E-state index contributed by atoms with van der Waals surface area (Å²) in [5.41, 5.74) is 1.92. The number of carbonyl (C=O) groups is 2. The van der Waals surface area contributed by atoms with E-state index in [0.717, 1.165) is 0 Å². The van der Waals surface area contributed by atoms with Crippen LogP contribution in [-0.4, -0.2) is 29.9 Å². The van der Waals surface area contributed by atoms with Gasteiger partial charge in [0.1, 0.15) is 5.75 Å². The van der Waals surface area contributed by atoms with E-state index in [1.54, 1.807) is 61.0 Å². The summed E-state index contributed by atoms with van der Waals surface area (Å²) in [6, 6.07) is 13.9. The number of aliphatic imine (C=N–C) groups is 1. The SMILES string of the molecule is COc1ccc(N(C(C)=O)c2nc(/C=C3\N=C(c4ccc(Cl)cc4)OC3=O)cs2)cc1. The number of hydrogen-bond acceptors (Lipinski definition) is 7. The lowest BCUT2D eigenvalue weighted by Gasteiger charge is -2.18. The van der Waals surface area contributed by atoms with Crippen molar-refractivity contribution in [2.24, 2.45) is 4.99 Å². The summed E-state index contributed by atoms with van der Waals surface area (Å²) in [6.07, 6.45) is 1.53. The molecule has 0 saturated carbocycles. The third-order valence-corrected chi connectivity index (χ3v) is 5.44. The molecule has 0 spiro atoms. The highest BCUT2D eigenvalue weighted by Gasteiger charge is 2.25. The molecule has 7 nitrogen and oxygen atoms in total. The second-order valence-corrected chi connectivity index (χ2v) is 7.72. The maximum Gasteiger partial charge on any atom is 0.363 e. The molecule has 1 amide bonds. The molecule has 0 atom stereocenters. The van der Waals surface area contributed by atoms with Crippen molar-refractivity contribution in [2.75, 3.05) is 12.0 Å². The molecule has 0 unspecified atom stereocenters. The Hall–Kier alpha value is -3.49. The van der Waals surface area contributed by atoms with E-state index in [9.17, 15) is 9.59 Å². The number of thiazole rings is 1. The zero-order chi connectivity index (χ0) is 22.0. The predicted octanol–water partition coefficient (Wildman–Crippen LogP) is 4.83. The zero-order valence-electron chi connectivity index (χ0n) is 16.5. The molecule has 1 aliphatic rings. The fraction of sp³-hybridized carbons (Fsp3) is 0.0909. The molecule has 4 rings (SSSR count). The molecule has 9 heteroatoms. The summed E-state index contributed by atoms with van der Waals surface area (Å²) in [6.45, 7) is 1.46. The van der Waals surface area contributed by atoms with Crippen molar-refractivity contribution in [3.8, 4) is 5.75 Å². The van der Waals surface area contributed by atoms with Crippen LogP contribution < -0.4 is 9.64 Å². The van der Waals surface area contributed by atoms with Crippen LogP contribution in [0.2, 0.25) is 5.02 Å². The number of esters is 1. The van der Waals surface area contributed by atoms with Crippen molar-refractivity contribution < 1.29 is 19.1 Å². The van der Waals surface area contributed by atoms with Crippen LogP contribution in [0, 0.1) is 0 Å². The highest BCUT2D eigenvalue weighted by atomic mass is 35.5. The number of halogens is 1. The average molecular weight is 454 g/mol. The van der Waals surface area contributed by atoms with Gasteiger partial charge in [0.2, 0.25) is 11.8 Å². The van der Waals surface area contributed by atoms with Gasteiger partial charge < -0.3 is 9.47 Å². The summed E-state index contributed by atoms with van der Waals surface area (Å²) < 4.78 is 10.4. The standard InChI is InChI=1S/C22H16ClN3O4S/c1-13(27)26(17-7-9-18(29-2)10-8-17)22-24-16(12-31-22)11-19-21(28)30-20(25-19)14-3-5-15(23)6-4-14/h3-12H,1-2H3/b19-11-. The van der Waals surface area contributed by atoms with Crippen molar-refractivity contribution in [3.05, 3.63) is 75.9 Å². The first-order chi connectivity index (χ1) is 14.9. The lowest BCUT2D eigenvalue weighted by atomic mass is 10.2. The van der Waals surface area contributed by atoms with Gasteiger partial charge in [0.05, 0.1) is 18.5 Å². The monoisotopic (exact) mass is 453 g/mol. The number of aromatic nitrogens is 1. The van der Waals surface area contributed by atoms with Crippen LogP contribution in [0.4, 0.5) is 10.8 Å². The molecule has 0 aliphatic carbocycles. The molecule has 2 aromatic carbocycles. The summed E-state index contributed by atoms with van der Waals surface area (Å²) in [5, 5.41) is 2.79. The normalized spacial score (nSPS) is 14.4. The Labute approximate surface area is 187 Å². The van der Waals surface area contributed by atoms with Crippen molar-refractivity contribution >= 4 is 57.6 Å². The fourth-order valence-corrected chi connectivity index (χ4v) is 3.84. The van der Waals surface area contributed by atoms with E-state index in [1.165, 1.54) is 29.2 Å². The van der Waals surface area contributed by atoms with Gasteiger partial charge in [-0.2, -0.15) is 0 Å². The summed E-state index contributed by atoms with van der Waals surface area (Å²) >= 11 is 7.17. The van der Waals surface area contributed by atoms with Gasteiger partial charge in [-0.25, -0.2) is 14.8 Å². The molecular formula is C22H16ClN3O4S. The molecule has 0 radical (unpaired) electrons. The minimum Gasteiger partial charge on any atom is -0.497 e. The number of methoxy groups -OCH3 is 1. The number of anilines is 2. The Balaban J connectivity index is 1.61. The number of carbonyl (C=O) groups excluding carboxylic acids is 2. The van der Waals surface area contributed by atoms with Crippen LogP contribution in [0.15, 0.2) is 64.6 Å². The van der Waals surface area contributed by atoms with Crippen molar-refractivity contribution in [1.82, 2.24) is 4.98 Å². The van der Waals surface area contributed by atoms with Gasteiger partial charge in [-0.05, 0) is 54.6 Å². The van der Waals surface area contributed by atoms with Gasteiger partial charge in [-0.1, -0.05) is 11.6 Å². The number of rotatable bonds is 5. The molecule has 156 valence electrons. The van der Waals surface area contributed by atoms with Crippen LogP contribution in [0.25, 0.3) is 6.08 Å². The lowest BCUT2D eigenvalue weighted by Crippen LogP contribution is -2.22. The van der Waals surface area contributed by atoms with E-state index < -0.39 is 5.97 Å². The van der Waals surface area contributed by atoms with Gasteiger partial charge in [-0.3, -0.25) is 9.69 Å². The van der Waals surface area contributed by atoms with Crippen LogP contribution >= 0.6 is 22.9 Å². The van der Waals surface area contributed by atoms with Gasteiger partial charge in [0.25, 0.3) is 0 Å². The second-order valence-electron chi connectivity index (χ2n) is 6.45. The Kier molecular flexibility index (Phi) is 5.83. The molecule has 0 N–H and O–H groups in total. The topological polar surface area (TPSA) is 81.1 Å². The van der Waals surface area contributed by atoms with Crippen molar-refractivity contribution in [2.45, 2.75) is 6.92 Å². The van der Waals surface area contributed by atoms with E-state index in [1.807, 2.05) is 0 Å². The van der Waals surface area contributed by atoms with E-state index in [-0.39, 0.29) is 17.5 Å². The zero-order valence-corrected chi connectivity index (χ0v) is 18.1. The summed E-state index contributed by atoms with van der Waals surface area (Å²) in [7, 11) is 1.58. The fourth-order valence-electron chi connectivity index (χ4n) is 2.87. The Bertz CT molecular complexity index is 1200. The molecule has 31 heavy (non-hydrogen) atoms. The largest absolute Gasteiger partial charge is 0.497 e. The Morgan fingerprint density at radius 1 is 1.16 bits per heavy atom. The Morgan fingerprint density at radius 3 is 2.52 bits per heavy atom. The number of benzene rings is 2. The lowest BCUT2D eigenvalue weighted by molar-refractivity contribution is -0.130. The minimum absolute atomic E-state index is 0.126. The number of nitrogens with zero attached hydrogens (tertiary/aromatic N) is 3. The van der Waals surface area contributed by atoms with E-state index >= 15 is 0 Å². The Morgan fingerprint density at radius 2 is 1.87 bits per heavy atom. The van der Waals surface area contributed by atoms with E-state index in [4.69, 9.17) is 21.1 Å². The van der Waals surface area contributed by atoms with Gasteiger partial charge >= 0.3 is 5.97 Å². The highest BCUT2D eigenvalue weighted by Crippen LogP contribution is 2.31. The van der Waals surface area contributed by atoms with Gasteiger partial charge in [0, 0.05) is 22.9 Å². The van der Waals surface area contributed by atoms with Crippen molar-refractivity contribution in [1.29, 1.82) is 0 Å². The number of amides is 1. The molecule has 0 saturated heterocycles. The number of cyclic esters (lactones) is 1. The molecule has 3 aromatic rings. The molecule has 1 aromatic heterocycles. The molecular weight excluding hydrogens is 438 g/mol. The highest BCUT2D eigenvalue weighted by molar-refractivity contribution is 7.14. The quantitative estimate of drug-likeness (QED) is 0.408. The van der Waals surface area contributed by atoms with Crippen LogP contribution in [0.5, 0.6) is 5.75 Å². The summed E-state index contributed by atoms with van der Waals surface area (Å²) in [5.74, 6) is 0.123. The van der Waals surface area contributed by atoms with Gasteiger partial charge in [-0.15, -0.1) is 11.3 Å². The third-order valence-electron chi connectivity index (χ3n) is 4.34. The molecule has 2 heterocycles. The smallest absolute Gasteiger partial charge is 0.363 e. The van der Waals surface area contributed by atoms with Crippen LogP contribution in [-0.2, 0) is 14.3 Å². The van der Waals surface area contributed by atoms with E-state index in [0.29, 0.717) is 32.8 Å². The minimum atomic E-state index is -0.571. The molecule has 1 aliphatic heterocycles. The maximum atomic E-state index is 12.3. The van der Waals surface area contributed by atoms with Crippen LogP contribution in [0.3, 0.4) is 0 Å². The number of ether oxygens (including phenoxy) is 2. The average Bonchev–Trinajstić information content (AvgIpc) is 3.36. The predicted molar refractivity (Wildman–Crippen MR) is 120 cm³/mol. The van der Waals surface area contributed by atoms with Gasteiger partial charge in [0.15, 0.2) is 10.8 Å². The molecule has 0 bridgehead atoms. The first-order valence-electron chi connectivity index (χ1n) is 9.13. The first kappa shape index (κ1) is 20.8. The van der Waals surface area contributed by atoms with Crippen molar-refractivity contribution in [3.63, 3.8) is 0 Å². The second kappa shape index (κ2) is 8.71.